The molecule has 0 radical (unpaired) electrons. The maximum absolute atomic E-state index is 12.7. The normalized spacial score (nSPS) is 14.8. The Hall–Kier alpha value is -4.44. The number of aliphatic imine (C=N–C) groups is 1. The van der Waals surface area contributed by atoms with E-state index in [4.69, 9.17) is 9.15 Å². The molecule has 0 saturated carbocycles. The predicted octanol–water partition coefficient (Wildman–Crippen LogP) is 5.35. The molecule has 7 nitrogen and oxygen atoms in total. The smallest absolute Gasteiger partial charge is 0.363 e. The Balaban J connectivity index is 1.34. The van der Waals surface area contributed by atoms with Crippen LogP contribution in [-0.2, 0) is 19.4 Å². The molecule has 1 aliphatic rings. The summed E-state index contributed by atoms with van der Waals surface area (Å²) in [4.78, 5) is 20.2. The van der Waals surface area contributed by atoms with Crippen LogP contribution in [0.2, 0.25) is 0 Å². The van der Waals surface area contributed by atoms with Crippen LogP contribution in [0.3, 0.4) is 0 Å². The summed E-state index contributed by atoms with van der Waals surface area (Å²) in [5.41, 5.74) is 2.63. The quantitative estimate of drug-likeness (QED) is 0.258. The molecule has 3 aromatic carbocycles. The van der Waals surface area contributed by atoms with Crippen molar-refractivity contribution in [3.8, 4) is 22.8 Å². The van der Waals surface area contributed by atoms with Gasteiger partial charge in [0.2, 0.25) is 21.6 Å². The van der Waals surface area contributed by atoms with Crippen LogP contribution >= 0.6 is 0 Å². The number of hydrogen-bond acceptors (Lipinski definition) is 7. The Morgan fingerprint density at radius 1 is 0.833 bits per heavy atom. The highest BCUT2D eigenvalue weighted by Crippen LogP contribution is 2.27. The average Bonchev–Trinajstić information content (AvgIpc) is 3.52. The summed E-state index contributed by atoms with van der Waals surface area (Å²) in [6.07, 6.45) is 3.18. The van der Waals surface area contributed by atoms with Crippen molar-refractivity contribution in [1.82, 2.24) is 4.98 Å². The second kappa shape index (κ2) is 9.31. The first kappa shape index (κ1) is 23.3. The van der Waals surface area contributed by atoms with Gasteiger partial charge in [0, 0.05) is 16.7 Å². The van der Waals surface area contributed by atoms with Gasteiger partial charge in [-0.05, 0) is 48.0 Å². The van der Waals surface area contributed by atoms with Crippen molar-refractivity contribution in [2.24, 2.45) is 4.99 Å². The number of halogens is 2. The minimum absolute atomic E-state index is 0.0320. The summed E-state index contributed by atoms with van der Waals surface area (Å²) in [5.74, 6) is -3.19. The first-order valence-electron chi connectivity index (χ1n) is 10.6. The highest BCUT2D eigenvalue weighted by atomic mass is 32.2. The second-order valence-corrected chi connectivity index (χ2v) is 9.60. The lowest BCUT2D eigenvalue weighted by molar-refractivity contribution is -0.129. The Morgan fingerprint density at radius 2 is 1.50 bits per heavy atom. The van der Waals surface area contributed by atoms with Gasteiger partial charge in [-0.15, -0.1) is 0 Å². The third kappa shape index (κ3) is 4.58. The zero-order valence-corrected chi connectivity index (χ0v) is 19.2. The van der Waals surface area contributed by atoms with Crippen LogP contribution in [-0.4, -0.2) is 31.0 Å². The van der Waals surface area contributed by atoms with Crippen LogP contribution in [0.1, 0.15) is 11.1 Å². The number of nitrogens with zero attached hydrogens (tertiary/aromatic N) is 2. The van der Waals surface area contributed by atoms with Gasteiger partial charge in [-0.1, -0.05) is 42.5 Å². The van der Waals surface area contributed by atoms with E-state index in [1.807, 2.05) is 30.3 Å². The zero-order valence-electron chi connectivity index (χ0n) is 18.3. The van der Waals surface area contributed by atoms with Crippen molar-refractivity contribution in [3.63, 3.8) is 0 Å². The lowest BCUT2D eigenvalue weighted by atomic mass is 10.1. The van der Waals surface area contributed by atoms with Gasteiger partial charge in [-0.3, -0.25) is 0 Å². The third-order valence-electron chi connectivity index (χ3n) is 5.31. The van der Waals surface area contributed by atoms with Crippen LogP contribution in [0.15, 0.2) is 105 Å². The Bertz CT molecular complexity index is 1590. The first-order chi connectivity index (χ1) is 17.3. The number of carbonyl (C=O) groups is 1. The standard InChI is InChI=1S/C26H16F2N2O5S/c27-26(28)36(32,33)20-12-10-19(11-13-20)24-30-21(25(31)35-24)14-16-6-8-18(9-7-16)23-29-15-22(34-23)17-4-2-1-3-5-17/h1-15,26H/b21-14-. The number of aromatic nitrogens is 1. The monoisotopic (exact) mass is 506 g/mol. The van der Waals surface area contributed by atoms with E-state index in [1.165, 1.54) is 18.2 Å². The van der Waals surface area contributed by atoms with E-state index in [0.717, 1.165) is 23.3 Å². The minimum Gasteiger partial charge on any atom is -0.436 e. The lowest BCUT2D eigenvalue weighted by Gasteiger charge is -2.04. The highest BCUT2D eigenvalue weighted by Gasteiger charge is 2.28. The van der Waals surface area contributed by atoms with Crippen molar-refractivity contribution >= 4 is 27.8 Å². The van der Waals surface area contributed by atoms with Crippen LogP contribution in [0, 0.1) is 0 Å². The molecule has 0 saturated heterocycles. The number of carbonyl (C=O) groups excluding carboxylic acids is 1. The molecule has 0 aliphatic carbocycles. The number of ether oxygens (including phenoxy) is 1. The SMILES string of the molecule is O=C1OC(c2ccc(S(=O)(=O)C(F)F)cc2)=N/C1=C\c1ccc(-c2ncc(-c3ccccc3)o2)cc1. The summed E-state index contributed by atoms with van der Waals surface area (Å²) in [7, 11) is -4.72. The van der Waals surface area contributed by atoms with Crippen molar-refractivity contribution in [2.45, 2.75) is 10.7 Å². The Labute approximate surface area is 204 Å². The number of rotatable bonds is 6. The molecule has 0 amide bonds. The molecule has 180 valence electrons. The van der Waals surface area contributed by atoms with Crippen LogP contribution in [0.25, 0.3) is 28.9 Å². The van der Waals surface area contributed by atoms with Crippen molar-refractivity contribution in [2.75, 3.05) is 0 Å². The van der Waals surface area contributed by atoms with Crippen molar-refractivity contribution in [1.29, 1.82) is 0 Å². The maximum atomic E-state index is 12.7. The van der Waals surface area contributed by atoms with Crippen molar-refractivity contribution in [3.05, 3.63) is 102 Å². The molecule has 0 atom stereocenters. The molecule has 0 unspecified atom stereocenters. The van der Waals surface area contributed by atoms with Gasteiger partial charge in [-0.25, -0.2) is 23.2 Å². The van der Waals surface area contributed by atoms with E-state index in [-0.39, 0.29) is 17.2 Å². The van der Waals surface area contributed by atoms with E-state index in [1.54, 1.807) is 30.5 Å². The van der Waals surface area contributed by atoms with Crippen LogP contribution in [0.5, 0.6) is 0 Å². The van der Waals surface area contributed by atoms with E-state index in [9.17, 15) is 22.0 Å². The molecule has 0 N–H and O–H groups in total. The van der Waals surface area contributed by atoms with Gasteiger partial charge in [0.05, 0.1) is 11.1 Å². The van der Waals surface area contributed by atoms with E-state index >= 15 is 0 Å². The molecule has 36 heavy (non-hydrogen) atoms. The van der Waals surface area contributed by atoms with E-state index < -0.39 is 26.5 Å². The molecule has 5 rings (SSSR count). The number of cyclic esters (lactones) is 1. The summed E-state index contributed by atoms with van der Waals surface area (Å²) in [5, 5.41) is 0. The maximum Gasteiger partial charge on any atom is 0.363 e. The molecule has 10 heteroatoms. The van der Waals surface area contributed by atoms with Crippen molar-refractivity contribution < 1.29 is 31.1 Å². The summed E-state index contributed by atoms with van der Waals surface area (Å²) >= 11 is 0. The molecule has 4 aromatic rings. The summed E-state index contributed by atoms with van der Waals surface area (Å²) in [6.45, 7) is 0. The van der Waals surface area contributed by atoms with Gasteiger partial charge >= 0.3 is 11.7 Å². The molecular weight excluding hydrogens is 490 g/mol. The molecule has 0 fully saturated rings. The van der Waals surface area contributed by atoms with Gasteiger partial charge < -0.3 is 9.15 Å². The van der Waals surface area contributed by atoms with Gasteiger partial charge in [0.25, 0.3) is 0 Å². The Morgan fingerprint density at radius 3 is 2.17 bits per heavy atom. The second-order valence-electron chi connectivity index (χ2n) is 7.68. The third-order valence-corrected chi connectivity index (χ3v) is 6.71. The number of alkyl halides is 2. The zero-order chi connectivity index (χ0) is 25.3. The molecule has 0 bridgehead atoms. The van der Waals surface area contributed by atoms with E-state index in [0.29, 0.717) is 17.2 Å². The predicted molar refractivity (Wildman–Crippen MR) is 128 cm³/mol. The largest absolute Gasteiger partial charge is 0.436 e. The van der Waals surface area contributed by atoms with E-state index in [2.05, 4.69) is 9.98 Å². The average molecular weight is 506 g/mol. The topological polar surface area (TPSA) is 98.8 Å². The highest BCUT2D eigenvalue weighted by molar-refractivity contribution is 7.91. The molecule has 2 heterocycles. The number of hydrogen-bond donors (Lipinski definition) is 0. The number of benzene rings is 3. The number of oxazole rings is 1. The fourth-order valence-electron chi connectivity index (χ4n) is 3.45. The van der Waals surface area contributed by atoms with Gasteiger partial charge in [-0.2, -0.15) is 8.78 Å². The Kier molecular flexibility index (Phi) is 6.03. The van der Waals surface area contributed by atoms with Crippen LogP contribution in [0.4, 0.5) is 8.78 Å². The fourth-order valence-corrected chi connectivity index (χ4v) is 4.17. The number of sulfone groups is 1. The fraction of sp³-hybridized carbons (Fsp3) is 0.0385. The molecular formula is C26H16F2N2O5S. The first-order valence-corrected chi connectivity index (χ1v) is 12.1. The molecule has 1 aliphatic heterocycles. The number of esters is 1. The van der Waals surface area contributed by atoms with Crippen LogP contribution < -0.4 is 0 Å². The van der Waals surface area contributed by atoms with Gasteiger partial charge in [0.1, 0.15) is 0 Å². The lowest BCUT2D eigenvalue weighted by Crippen LogP contribution is -2.12. The molecule has 0 spiro atoms. The summed E-state index contributed by atoms with van der Waals surface area (Å²) in [6, 6.07) is 21.2. The van der Waals surface area contributed by atoms with Gasteiger partial charge in [0.15, 0.2) is 11.5 Å². The minimum atomic E-state index is -4.72. The molecule has 1 aromatic heterocycles. The summed E-state index contributed by atoms with van der Waals surface area (Å²) < 4.78 is 59.6.